The Labute approximate surface area is 73.5 Å². The molecule has 0 heterocycles. The van der Waals surface area contributed by atoms with E-state index in [-0.39, 0.29) is 18.0 Å². The Hall–Kier alpha value is -0.610. The van der Waals surface area contributed by atoms with Gasteiger partial charge in [-0.25, -0.2) is 0 Å². The van der Waals surface area contributed by atoms with E-state index in [1.54, 1.807) is 7.11 Å². The summed E-state index contributed by atoms with van der Waals surface area (Å²) in [4.78, 5) is 0. The Morgan fingerprint density at radius 3 is 2.50 bits per heavy atom. The Morgan fingerprint density at radius 1 is 1.50 bits per heavy atom. The third-order valence-corrected chi connectivity index (χ3v) is 1.66. The SMILES string of the molecule is COC(C)(C)CCOCC(=N)N. The van der Waals surface area contributed by atoms with Crippen molar-refractivity contribution < 1.29 is 9.47 Å². The van der Waals surface area contributed by atoms with Crippen molar-refractivity contribution in [2.75, 3.05) is 20.3 Å². The second kappa shape index (κ2) is 5.11. The summed E-state index contributed by atoms with van der Waals surface area (Å²) in [5.74, 6) is 0.0604. The lowest BCUT2D eigenvalue weighted by Crippen LogP contribution is -2.26. The molecule has 0 aliphatic carbocycles. The van der Waals surface area contributed by atoms with Crippen LogP contribution in [0.25, 0.3) is 0 Å². The van der Waals surface area contributed by atoms with Crippen LogP contribution >= 0.6 is 0 Å². The van der Waals surface area contributed by atoms with Gasteiger partial charge in [-0.2, -0.15) is 0 Å². The Balaban J connectivity index is 3.37. The van der Waals surface area contributed by atoms with Gasteiger partial charge in [0, 0.05) is 13.7 Å². The first-order chi connectivity index (χ1) is 5.48. The molecule has 0 spiro atoms. The van der Waals surface area contributed by atoms with E-state index in [9.17, 15) is 0 Å². The van der Waals surface area contributed by atoms with Gasteiger partial charge in [0.25, 0.3) is 0 Å². The van der Waals surface area contributed by atoms with Gasteiger partial charge in [-0.05, 0) is 20.3 Å². The number of hydrogen-bond donors (Lipinski definition) is 2. The van der Waals surface area contributed by atoms with E-state index in [2.05, 4.69) is 0 Å². The minimum atomic E-state index is -0.156. The van der Waals surface area contributed by atoms with Gasteiger partial charge in [-0.15, -0.1) is 0 Å². The van der Waals surface area contributed by atoms with Crippen molar-refractivity contribution in [3.63, 3.8) is 0 Å². The number of nitrogens with two attached hydrogens (primary N) is 1. The first-order valence-corrected chi connectivity index (χ1v) is 3.94. The quantitative estimate of drug-likeness (QED) is 0.355. The molecule has 3 N–H and O–H groups in total. The summed E-state index contributed by atoms with van der Waals surface area (Å²) in [7, 11) is 1.67. The maximum absolute atomic E-state index is 6.90. The van der Waals surface area contributed by atoms with Crippen LogP contribution in [0.4, 0.5) is 0 Å². The Bertz CT molecular complexity index is 146. The molecule has 0 radical (unpaired) electrons. The van der Waals surface area contributed by atoms with Crippen molar-refractivity contribution in [1.82, 2.24) is 0 Å². The first kappa shape index (κ1) is 11.4. The molecule has 0 unspecified atom stereocenters. The number of rotatable bonds is 6. The van der Waals surface area contributed by atoms with Crippen LogP contribution in [0.15, 0.2) is 0 Å². The van der Waals surface area contributed by atoms with E-state index in [0.717, 1.165) is 6.42 Å². The fourth-order valence-electron chi connectivity index (χ4n) is 0.602. The average molecular weight is 174 g/mol. The Morgan fingerprint density at radius 2 is 2.08 bits per heavy atom. The van der Waals surface area contributed by atoms with Crippen molar-refractivity contribution >= 4 is 5.84 Å². The summed E-state index contributed by atoms with van der Waals surface area (Å²) in [6.45, 7) is 4.76. The summed E-state index contributed by atoms with van der Waals surface area (Å²) in [6.07, 6.45) is 0.802. The van der Waals surface area contributed by atoms with Crippen LogP contribution in [-0.4, -0.2) is 31.8 Å². The van der Waals surface area contributed by atoms with E-state index < -0.39 is 0 Å². The number of nitrogens with one attached hydrogen (secondary N) is 1. The molecule has 0 fully saturated rings. The third-order valence-electron chi connectivity index (χ3n) is 1.66. The summed E-state index contributed by atoms with van der Waals surface area (Å²) >= 11 is 0. The Kier molecular flexibility index (Phi) is 4.85. The van der Waals surface area contributed by atoms with Gasteiger partial charge in [0.15, 0.2) is 0 Å². The van der Waals surface area contributed by atoms with Gasteiger partial charge >= 0.3 is 0 Å². The molecule has 0 rings (SSSR count). The van der Waals surface area contributed by atoms with Gasteiger partial charge in [0.05, 0.1) is 5.60 Å². The molecule has 4 nitrogen and oxygen atoms in total. The normalized spacial score (nSPS) is 11.6. The van der Waals surface area contributed by atoms with Crippen LogP contribution in [-0.2, 0) is 9.47 Å². The summed E-state index contributed by atoms with van der Waals surface area (Å²) in [6, 6.07) is 0. The predicted octanol–water partition coefficient (Wildman–Crippen LogP) is 0.754. The lowest BCUT2D eigenvalue weighted by Gasteiger charge is -2.22. The number of hydrogen-bond acceptors (Lipinski definition) is 3. The van der Waals surface area contributed by atoms with Gasteiger partial charge in [-0.1, -0.05) is 0 Å². The van der Waals surface area contributed by atoms with Crippen molar-refractivity contribution in [2.45, 2.75) is 25.9 Å². The molecule has 0 saturated heterocycles. The van der Waals surface area contributed by atoms with Gasteiger partial charge in [0.2, 0.25) is 0 Å². The van der Waals surface area contributed by atoms with Crippen LogP contribution in [0.1, 0.15) is 20.3 Å². The molecule has 0 saturated carbocycles. The summed E-state index contributed by atoms with van der Waals surface area (Å²) in [5, 5.41) is 6.90. The maximum atomic E-state index is 6.90. The molecule has 72 valence electrons. The standard InChI is InChI=1S/C8H18N2O2/c1-8(2,11-3)4-5-12-6-7(9)10/h4-6H2,1-3H3,(H3,9,10). The topological polar surface area (TPSA) is 68.3 Å². The molecular formula is C8H18N2O2. The molecule has 0 aromatic rings. The number of ether oxygens (including phenoxy) is 2. The highest BCUT2D eigenvalue weighted by Crippen LogP contribution is 2.12. The van der Waals surface area contributed by atoms with Crippen LogP contribution in [0.3, 0.4) is 0 Å². The highest BCUT2D eigenvalue weighted by atomic mass is 16.5. The largest absolute Gasteiger partial charge is 0.386 e. The highest BCUT2D eigenvalue weighted by molar-refractivity contribution is 5.78. The zero-order valence-electron chi connectivity index (χ0n) is 8.02. The number of amidine groups is 1. The van der Waals surface area contributed by atoms with Crippen molar-refractivity contribution in [2.24, 2.45) is 5.73 Å². The minimum Gasteiger partial charge on any atom is -0.386 e. The molecule has 0 aliphatic heterocycles. The molecule has 12 heavy (non-hydrogen) atoms. The van der Waals surface area contributed by atoms with Gasteiger partial charge in [0.1, 0.15) is 12.4 Å². The second-order valence-electron chi connectivity index (χ2n) is 3.29. The minimum absolute atomic E-state index is 0.0604. The fraction of sp³-hybridized carbons (Fsp3) is 0.875. The smallest absolute Gasteiger partial charge is 0.117 e. The van der Waals surface area contributed by atoms with Crippen LogP contribution in [0, 0.1) is 5.41 Å². The van der Waals surface area contributed by atoms with Crippen molar-refractivity contribution in [1.29, 1.82) is 5.41 Å². The van der Waals surface area contributed by atoms with Crippen LogP contribution < -0.4 is 5.73 Å². The molecule has 4 heteroatoms. The summed E-state index contributed by atoms with van der Waals surface area (Å²) in [5.41, 5.74) is 4.95. The monoisotopic (exact) mass is 174 g/mol. The molecule has 0 amide bonds. The first-order valence-electron chi connectivity index (χ1n) is 3.94. The highest BCUT2D eigenvalue weighted by Gasteiger charge is 2.15. The zero-order valence-corrected chi connectivity index (χ0v) is 8.02. The molecule has 0 aliphatic rings. The van der Waals surface area contributed by atoms with Crippen molar-refractivity contribution in [3.8, 4) is 0 Å². The lowest BCUT2D eigenvalue weighted by molar-refractivity contribution is -0.00564. The maximum Gasteiger partial charge on any atom is 0.117 e. The molecule has 0 bridgehead atoms. The van der Waals surface area contributed by atoms with E-state index in [1.807, 2.05) is 13.8 Å². The molecule has 0 aromatic carbocycles. The summed E-state index contributed by atoms with van der Waals surface area (Å²) < 4.78 is 10.3. The van der Waals surface area contributed by atoms with Crippen LogP contribution in [0.2, 0.25) is 0 Å². The van der Waals surface area contributed by atoms with E-state index in [4.69, 9.17) is 20.6 Å². The molecule has 0 aromatic heterocycles. The molecular weight excluding hydrogens is 156 g/mol. The van der Waals surface area contributed by atoms with E-state index in [1.165, 1.54) is 0 Å². The lowest BCUT2D eigenvalue weighted by atomic mass is 10.1. The van der Waals surface area contributed by atoms with Crippen molar-refractivity contribution in [3.05, 3.63) is 0 Å². The second-order valence-corrected chi connectivity index (χ2v) is 3.29. The average Bonchev–Trinajstić information content (AvgIpc) is 1.98. The van der Waals surface area contributed by atoms with E-state index >= 15 is 0 Å². The van der Waals surface area contributed by atoms with Crippen LogP contribution in [0.5, 0.6) is 0 Å². The third kappa shape index (κ3) is 6.12. The van der Waals surface area contributed by atoms with E-state index in [0.29, 0.717) is 6.61 Å². The molecule has 0 atom stereocenters. The van der Waals surface area contributed by atoms with Gasteiger partial charge < -0.3 is 15.2 Å². The van der Waals surface area contributed by atoms with Gasteiger partial charge in [-0.3, -0.25) is 5.41 Å². The predicted molar refractivity (Wildman–Crippen MR) is 48.4 cm³/mol. The number of methoxy groups -OCH3 is 1. The fourth-order valence-corrected chi connectivity index (χ4v) is 0.602. The zero-order chi connectivity index (χ0) is 9.61.